The Morgan fingerprint density at radius 3 is 2.78 bits per heavy atom. The van der Waals surface area contributed by atoms with Crippen molar-refractivity contribution in [3.8, 4) is 5.75 Å². The van der Waals surface area contributed by atoms with Crippen LogP contribution in [0.1, 0.15) is 6.92 Å². The maximum absolute atomic E-state index is 11.9. The van der Waals surface area contributed by atoms with Crippen LogP contribution in [0, 0.1) is 0 Å². The van der Waals surface area contributed by atoms with Gasteiger partial charge >= 0.3 is 0 Å². The Morgan fingerprint density at radius 2 is 2.17 bits per heavy atom. The number of piperazine rings is 1. The second-order valence-electron chi connectivity index (χ2n) is 4.29. The van der Waals surface area contributed by atoms with Crippen LogP contribution in [0.25, 0.3) is 0 Å². The Hall–Kier alpha value is -1.62. The predicted octanol–water partition coefficient (Wildman–Crippen LogP) is 0.624. The number of pyridine rings is 1. The minimum Gasteiger partial charge on any atom is -0.482 e. The molecule has 0 aromatic carbocycles. The summed E-state index contributed by atoms with van der Waals surface area (Å²) in [6.07, 6.45) is 3.29. The second kappa shape index (κ2) is 6.35. The molecule has 5 nitrogen and oxygen atoms in total. The molecular formula is C13H19N3O2. The zero-order valence-corrected chi connectivity index (χ0v) is 10.7. The predicted molar refractivity (Wildman–Crippen MR) is 68.4 cm³/mol. The van der Waals surface area contributed by atoms with Crippen molar-refractivity contribution in [3.63, 3.8) is 0 Å². The van der Waals surface area contributed by atoms with Crippen molar-refractivity contribution >= 4 is 5.91 Å². The van der Waals surface area contributed by atoms with Gasteiger partial charge in [0.25, 0.3) is 5.91 Å². The highest BCUT2D eigenvalue weighted by Gasteiger charge is 2.20. The van der Waals surface area contributed by atoms with Crippen LogP contribution in [0.2, 0.25) is 0 Å². The second-order valence-corrected chi connectivity index (χ2v) is 4.29. The average molecular weight is 249 g/mol. The van der Waals surface area contributed by atoms with Crippen LogP contribution in [0.4, 0.5) is 0 Å². The lowest BCUT2D eigenvalue weighted by molar-refractivity contribution is -0.135. The van der Waals surface area contributed by atoms with Gasteiger partial charge in [0, 0.05) is 32.4 Å². The van der Waals surface area contributed by atoms with E-state index in [4.69, 9.17) is 4.74 Å². The first-order chi connectivity index (χ1) is 8.79. The van der Waals surface area contributed by atoms with Gasteiger partial charge in [-0.05, 0) is 18.7 Å². The highest BCUT2D eigenvalue weighted by Crippen LogP contribution is 2.07. The summed E-state index contributed by atoms with van der Waals surface area (Å²) in [7, 11) is 0. The normalized spacial score (nSPS) is 16.6. The minimum atomic E-state index is 0.0506. The van der Waals surface area contributed by atoms with E-state index in [1.54, 1.807) is 24.5 Å². The van der Waals surface area contributed by atoms with Crippen molar-refractivity contribution in [2.45, 2.75) is 6.92 Å². The first-order valence-electron chi connectivity index (χ1n) is 6.32. The molecule has 98 valence electrons. The molecule has 2 heterocycles. The molecule has 1 amide bonds. The zero-order chi connectivity index (χ0) is 12.8. The molecule has 1 fully saturated rings. The third-order valence-corrected chi connectivity index (χ3v) is 3.17. The van der Waals surface area contributed by atoms with E-state index in [9.17, 15) is 4.79 Å². The molecule has 18 heavy (non-hydrogen) atoms. The molecule has 0 unspecified atom stereocenters. The summed E-state index contributed by atoms with van der Waals surface area (Å²) in [6.45, 7) is 6.78. The smallest absolute Gasteiger partial charge is 0.260 e. The summed E-state index contributed by atoms with van der Waals surface area (Å²) in [5.41, 5.74) is 0. The maximum atomic E-state index is 11.9. The fourth-order valence-electron chi connectivity index (χ4n) is 1.98. The largest absolute Gasteiger partial charge is 0.482 e. The molecule has 1 aromatic heterocycles. The van der Waals surface area contributed by atoms with Gasteiger partial charge in [-0.2, -0.15) is 0 Å². The standard InChI is InChI=1S/C13H19N3O2/c1-2-15-6-8-16(9-7-15)13(17)11-18-12-4-3-5-14-10-12/h3-5,10H,2,6-9,11H2,1H3. The van der Waals surface area contributed by atoms with E-state index < -0.39 is 0 Å². The first-order valence-corrected chi connectivity index (χ1v) is 6.32. The van der Waals surface area contributed by atoms with Crippen LogP contribution >= 0.6 is 0 Å². The highest BCUT2D eigenvalue weighted by molar-refractivity contribution is 5.77. The lowest BCUT2D eigenvalue weighted by Crippen LogP contribution is -2.49. The quantitative estimate of drug-likeness (QED) is 0.785. The average Bonchev–Trinajstić information content (AvgIpc) is 2.46. The zero-order valence-electron chi connectivity index (χ0n) is 10.7. The van der Waals surface area contributed by atoms with Crippen LogP contribution in [0.15, 0.2) is 24.5 Å². The minimum absolute atomic E-state index is 0.0506. The molecule has 0 radical (unpaired) electrons. The topological polar surface area (TPSA) is 45.7 Å². The molecule has 1 saturated heterocycles. The number of hydrogen-bond donors (Lipinski definition) is 0. The van der Waals surface area contributed by atoms with Gasteiger partial charge < -0.3 is 14.5 Å². The molecule has 1 aliphatic heterocycles. The van der Waals surface area contributed by atoms with E-state index >= 15 is 0 Å². The number of carbonyl (C=O) groups is 1. The Labute approximate surface area is 107 Å². The van der Waals surface area contributed by atoms with Crippen LogP contribution < -0.4 is 4.74 Å². The number of rotatable bonds is 4. The molecule has 2 rings (SSSR count). The van der Waals surface area contributed by atoms with Crippen molar-refractivity contribution in [1.82, 2.24) is 14.8 Å². The van der Waals surface area contributed by atoms with Crippen LogP contribution in [0.3, 0.4) is 0 Å². The molecular weight excluding hydrogens is 230 g/mol. The molecule has 0 N–H and O–H groups in total. The Bertz CT molecular complexity index is 375. The van der Waals surface area contributed by atoms with Crippen molar-refractivity contribution in [2.24, 2.45) is 0 Å². The number of ether oxygens (including phenoxy) is 1. The van der Waals surface area contributed by atoms with E-state index in [1.807, 2.05) is 4.90 Å². The Kier molecular flexibility index (Phi) is 4.52. The number of likely N-dealkylation sites (N-methyl/N-ethyl adjacent to an activating group) is 1. The Morgan fingerprint density at radius 1 is 1.39 bits per heavy atom. The van der Waals surface area contributed by atoms with Gasteiger partial charge in [0.2, 0.25) is 0 Å². The van der Waals surface area contributed by atoms with E-state index in [2.05, 4.69) is 16.8 Å². The number of hydrogen-bond acceptors (Lipinski definition) is 4. The summed E-state index contributed by atoms with van der Waals surface area (Å²) in [5, 5.41) is 0. The fourth-order valence-corrected chi connectivity index (χ4v) is 1.98. The molecule has 0 saturated carbocycles. The van der Waals surface area contributed by atoms with Gasteiger partial charge in [0.15, 0.2) is 6.61 Å². The van der Waals surface area contributed by atoms with Gasteiger partial charge in [0.05, 0.1) is 6.20 Å². The number of nitrogens with zero attached hydrogens (tertiary/aromatic N) is 3. The molecule has 0 atom stereocenters. The van der Waals surface area contributed by atoms with Gasteiger partial charge in [-0.15, -0.1) is 0 Å². The summed E-state index contributed by atoms with van der Waals surface area (Å²) in [4.78, 5) is 20.1. The van der Waals surface area contributed by atoms with Crippen molar-refractivity contribution in [1.29, 1.82) is 0 Å². The van der Waals surface area contributed by atoms with Gasteiger partial charge in [-0.25, -0.2) is 0 Å². The summed E-state index contributed by atoms with van der Waals surface area (Å²) < 4.78 is 5.41. The SMILES string of the molecule is CCN1CCN(C(=O)COc2cccnc2)CC1. The van der Waals surface area contributed by atoms with Gasteiger partial charge in [-0.3, -0.25) is 9.78 Å². The first kappa shape index (κ1) is 12.8. The summed E-state index contributed by atoms with van der Waals surface area (Å²) in [5.74, 6) is 0.688. The van der Waals surface area contributed by atoms with Gasteiger partial charge in [-0.1, -0.05) is 6.92 Å². The summed E-state index contributed by atoms with van der Waals surface area (Å²) >= 11 is 0. The van der Waals surface area contributed by atoms with E-state index in [0.717, 1.165) is 32.7 Å². The molecule has 1 aliphatic rings. The van der Waals surface area contributed by atoms with Crippen molar-refractivity contribution in [2.75, 3.05) is 39.3 Å². The molecule has 0 spiro atoms. The Balaban J connectivity index is 1.75. The molecule has 5 heteroatoms. The van der Waals surface area contributed by atoms with E-state index in [1.165, 1.54) is 0 Å². The van der Waals surface area contributed by atoms with Crippen LogP contribution in [-0.4, -0.2) is 60.0 Å². The van der Waals surface area contributed by atoms with Crippen LogP contribution in [-0.2, 0) is 4.79 Å². The maximum Gasteiger partial charge on any atom is 0.260 e. The third kappa shape index (κ3) is 3.43. The van der Waals surface area contributed by atoms with Crippen molar-refractivity contribution in [3.05, 3.63) is 24.5 Å². The van der Waals surface area contributed by atoms with Gasteiger partial charge in [0.1, 0.15) is 5.75 Å². The monoisotopic (exact) mass is 249 g/mol. The molecule has 0 bridgehead atoms. The van der Waals surface area contributed by atoms with E-state index in [0.29, 0.717) is 5.75 Å². The van der Waals surface area contributed by atoms with Crippen LogP contribution in [0.5, 0.6) is 5.75 Å². The number of amides is 1. The molecule has 0 aliphatic carbocycles. The number of carbonyl (C=O) groups excluding carboxylic acids is 1. The fraction of sp³-hybridized carbons (Fsp3) is 0.538. The third-order valence-electron chi connectivity index (χ3n) is 3.17. The lowest BCUT2D eigenvalue weighted by atomic mass is 10.3. The highest BCUT2D eigenvalue weighted by atomic mass is 16.5. The van der Waals surface area contributed by atoms with E-state index in [-0.39, 0.29) is 12.5 Å². The summed E-state index contributed by atoms with van der Waals surface area (Å²) in [6, 6.07) is 3.59. The van der Waals surface area contributed by atoms with Crippen molar-refractivity contribution < 1.29 is 9.53 Å². The lowest BCUT2D eigenvalue weighted by Gasteiger charge is -2.33. The molecule has 1 aromatic rings. The number of aromatic nitrogens is 1.